The number of alkyl halides is 1. The van der Waals surface area contributed by atoms with Crippen molar-refractivity contribution in [2.45, 2.75) is 21.5 Å². The number of rotatable bonds is 4. The number of thioether (sulfide) groups is 1. The molecule has 1 amide bonds. The van der Waals surface area contributed by atoms with E-state index in [1.54, 1.807) is 11.8 Å². The fraction of sp³-hybridized carbons (Fsp3) is 0.136. The number of benzene rings is 3. The van der Waals surface area contributed by atoms with Gasteiger partial charge in [-0.3, -0.25) is 4.79 Å². The van der Waals surface area contributed by atoms with Crippen LogP contribution in [0.4, 0.5) is 5.69 Å². The molecule has 1 saturated heterocycles. The Bertz CT molecular complexity index is 962. The van der Waals surface area contributed by atoms with Crippen molar-refractivity contribution in [3.63, 3.8) is 0 Å². The van der Waals surface area contributed by atoms with E-state index in [9.17, 15) is 4.79 Å². The summed E-state index contributed by atoms with van der Waals surface area (Å²) in [6.07, 6.45) is 0. The van der Waals surface area contributed by atoms with Gasteiger partial charge in [0.25, 0.3) is 5.91 Å². The Morgan fingerprint density at radius 2 is 1.59 bits per heavy atom. The van der Waals surface area contributed by atoms with E-state index in [-0.39, 0.29) is 11.9 Å². The molecule has 0 saturated carbocycles. The highest BCUT2D eigenvalue weighted by Crippen LogP contribution is 2.59. The number of anilines is 1. The molecule has 27 heavy (non-hydrogen) atoms. The molecule has 1 aliphatic rings. The van der Waals surface area contributed by atoms with Gasteiger partial charge in [-0.1, -0.05) is 87.3 Å². The van der Waals surface area contributed by atoms with Gasteiger partial charge >= 0.3 is 0 Å². The Labute approximate surface area is 176 Å². The predicted octanol–water partition coefficient (Wildman–Crippen LogP) is 6.62. The number of carbonyl (C=O) groups is 1. The van der Waals surface area contributed by atoms with Crippen molar-refractivity contribution in [2.75, 3.05) is 4.90 Å². The SMILES string of the molecule is Cc1ccc(N2C(=O)[C@@](Br)(Sc3ccccc3)[C@H]2c2ccc(Cl)cc2)cc1. The minimum absolute atomic E-state index is 0.0418. The summed E-state index contributed by atoms with van der Waals surface area (Å²) in [4.78, 5) is 16.2. The van der Waals surface area contributed by atoms with E-state index in [4.69, 9.17) is 11.6 Å². The molecule has 3 aromatic rings. The van der Waals surface area contributed by atoms with Gasteiger partial charge in [0, 0.05) is 15.6 Å². The van der Waals surface area contributed by atoms with Crippen LogP contribution in [0.15, 0.2) is 83.8 Å². The van der Waals surface area contributed by atoms with Crippen LogP contribution < -0.4 is 4.90 Å². The third-order valence-electron chi connectivity index (χ3n) is 4.63. The van der Waals surface area contributed by atoms with Crippen LogP contribution in [0.3, 0.4) is 0 Å². The predicted molar refractivity (Wildman–Crippen MR) is 117 cm³/mol. The zero-order valence-electron chi connectivity index (χ0n) is 14.6. The Morgan fingerprint density at radius 1 is 0.963 bits per heavy atom. The largest absolute Gasteiger partial charge is 0.300 e. The number of hydrogen-bond donors (Lipinski definition) is 0. The normalized spacial score (nSPS) is 21.8. The van der Waals surface area contributed by atoms with Crippen LogP contribution in [0.1, 0.15) is 17.2 Å². The number of aryl methyl sites for hydroxylation is 1. The van der Waals surface area contributed by atoms with E-state index in [1.807, 2.05) is 90.7 Å². The lowest BCUT2D eigenvalue weighted by Gasteiger charge is -2.52. The minimum Gasteiger partial charge on any atom is -0.300 e. The van der Waals surface area contributed by atoms with Crippen molar-refractivity contribution >= 4 is 50.9 Å². The molecule has 0 N–H and O–H groups in total. The molecule has 1 heterocycles. The molecule has 136 valence electrons. The smallest absolute Gasteiger partial charge is 0.257 e. The molecule has 0 aromatic heterocycles. The van der Waals surface area contributed by atoms with Gasteiger partial charge in [0.15, 0.2) is 3.66 Å². The maximum Gasteiger partial charge on any atom is 0.257 e. The van der Waals surface area contributed by atoms with Gasteiger partial charge < -0.3 is 4.90 Å². The summed E-state index contributed by atoms with van der Waals surface area (Å²) in [5.74, 6) is 0.0418. The molecule has 5 heteroatoms. The number of nitrogens with zero attached hydrogens (tertiary/aromatic N) is 1. The van der Waals surface area contributed by atoms with E-state index in [1.165, 1.54) is 5.56 Å². The minimum atomic E-state index is -0.757. The van der Waals surface area contributed by atoms with Crippen LogP contribution in [0, 0.1) is 6.92 Å². The van der Waals surface area contributed by atoms with Crippen molar-refractivity contribution in [3.05, 3.63) is 95.0 Å². The molecule has 0 unspecified atom stereocenters. The Hall–Kier alpha value is -1.75. The second-order valence-corrected chi connectivity index (χ2v) is 10.1. The van der Waals surface area contributed by atoms with Gasteiger partial charge in [-0.25, -0.2) is 0 Å². The highest BCUT2D eigenvalue weighted by Gasteiger charge is 2.61. The number of β-lactam (4-membered cyclic amide) rings is 1. The standard InChI is InChI=1S/C22H17BrClNOS/c1-15-7-13-18(14-8-15)25-20(16-9-11-17(24)12-10-16)22(23,21(25)26)27-19-5-3-2-4-6-19/h2-14,20H,1H3/t20-,22+/m1/s1. The highest BCUT2D eigenvalue weighted by atomic mass is 79.9. The van der Waals surface area contributed by atoms with Gasteiger partial charge in [0.2, 0.25) is 0 Å². The molecule has 2 atom stereocenters. The third-order valence-corrected chi connectivity index (χ3v) is 7.34. The van der Waals surface area contributed by atoms with Gasteiger partial charge in [-0.15, -0.1) is 0 Å². The Kier molecular flexibility index (Phi) is 5.06. The molecule has 1 aliphatic heterocycles. The number of carbonyl (C=O) groups excluding carboxylic acids is 1. The van der Waals surface area contributed by atoms with Crippen molar-refractivity contribution < 1.29 is 4.79 Å². The van der Waals surface area contributed by atoms with E-state index in [0.717, 1.165) is 16.1 Å². The topological polar surface area (TPSA) is 20.3 Å². The summed E-state index contributed by atoms with van der Waals surface area (Å²) in [5.41, 5.74) is 3.10. The molecule has 0 aliphatic carbocycles. The summed E-state index contributed by atoms with van der Waals surface area (Å²) in [5, 5.41) is 0.683. The molecule has 0 radical (unpaired) electrons. The van der Waals surface area contributed by atoms with Crippen LogP contribution in [0.2, 0.25) is 5.02 Å². The first-order valence-electron chi connectivity index (χ1n) is 8.58. The second-order valence-electron chi connectivity index (χ2n) is 6.52. The van der Waals surface area contributed by atoms with E-state index < -0.39 is 3.66 Å². The zero-order chi connectivity index (χ0) is 19.0. The summed E-state index contributed by atoms with van der Waals surface area (Å²) in [7, 11) is 0. The Morgan fingerprint density at radius 3 is 2.22 bits per heavy atom. The summed E-state index contributed by atoms with van der Waals surface area (Å²) in [6, 6.07) is 25.6. The lowest BCUT2D eigenvalue weighted by molar-refractivity contribution is -0.124. The molecular weight excluding hydrogens is 442 g/mol. The third kappa shape index (κ3) is 3.42. The maximum absolute atomic E-state index is 13.3. The first-order valence-corrected chi connectivity index (χ1v) is 10.6. The molecule has 3 aromatic carbocycles. The lowest BCUT2D eigenvalue weighted by atomic mass is 9.92. The molecule has 4 rings (SSSR count). The molecule has 0 spiro atoms. The molecule has 1 fully saturated rings. The fourth-order valence-electron chi connectivity index (χ4n) is 3.24. The first-order chi connectivity index (χ1) is 13.0. The second kappa shape index (κ2) is 7.34. The van der Waals surface area contributed by atoms with E-state index >= 15 is 0 Å². The van der Waals surface area contributed by atoms with Crippen molar-refractivity contribution in [1.29, 1.82) is 0 Å². The first kappa shape index (κ1) is 18.6. The van der Waals surface area contributed by atoms with Crippen LogP contribution >= 0.6 is 39.3 Å². The Balaban J connectivity index is 1.75. The van der Waals surface area contributed by atoms with Crippen LogP contribution in [-0.2, 0) is 4.79 Å². The van der Waals surface area contributed by atoms with Gasteiger partial charge in [-0.2, -0.15) is 0 Å². The van der Waals surface area contributed by atoms with E-state index in [2.05, 4.69) is 15.9 Å². The summed E-state index contributed by atoms with van der Waals surface area (Å²) < 4.78 is -0.757. The highest BCUT2D eigenvalue weighted by molar-refractivity contribution is 9.12. The van der Waals surface area contributed by atoms with Crippen LogP contribution in [-0.4, -0.2) is 9.56 Å². The van der Waals surface area contributed by atoms with Gasteiger partial charge in [0.05, 0.1) is 6.04 Å². The lowest BCUT2D eigenvalue weighted by Crippen LogP contribution is -2.63. The zero-order valence-corrected chi connectivity index (χ0v) is 17.8. The van der Waals surface area contributed by atoms with Crippen molar-refractivity contribution in [3.8, 4) is 0 Å². The number of amides is 1. The average molecular weight is 459 g/mol. The van der Waals surface area contributed by atoms with Crippen molar-refractivity contribution in [1.82, 2.24) is 0 Å². The number of halogens is 2. The molecule has 0 bridgehead atoms. The monoisotopic (exact) mass is 457 g/mol. The maximum atomic E-state index is 13.3. The molecular formula is C22H17BrClNOS. The quantitative estimate of drug-likeness (QED) is 0.323. The fourth-order valence-corrected chi connectivity index (χ4v) is 5.76. The van der Waals surface area contributed by atoms with Crippen LogP contribution in [0.25, 0.3) is 0 Å². The van der Waals surface area contributed by atoms with Gasteiger partial charge in [0.1, 0.15) is 0 Å². The van der Waals surface area contributed by atoms with Crippen molar-refractivity contribution in [2.24, 2.45) is 0 Å². The van der Waals surface area contributed by atoms with Gasteiger partial charge in [-0.05, 0) is 48.9 Å². The summed E-state index contributed by atoms with van der Waals surface area (Å²) >= 11 is 11.4. The van der Waals surface area contributed by atoms with Crippen LogP contribution in [0.5, 0.6) is 0 Å². The number of hydrogen-bond acceptors (Lipinski definition) is 2. The van der Waals surface area contributed by atoms with E-state index in [0.29, 0.717) is 5.02 Å². The molecule has 2 nitrogen and oxygen atoms in total. The summed E-state index contributed by atoms with van der Waals surface area (Å²) in [6.45, 7) is 2.04. The average Bonchev–Trinajstić information content (AvgIpc) is 2.68.